The van der Waals surface area contributed by atoms with Crippen molar-refractivity contribution in [1.29, 1.82) is 0 Å². The van der Waals surface area contributed by atoms with Crippen LogP contribution in [-0.4, -0.2) is 60.5 Å². The van der Waals surface area contributed by atoms with Crippen molar-refractivity contribution in [1.82, 2.24) is 0 Å². The lowest BCUT2D eigenvalue weighted by Gasteiger charge is -2.20. The average Bonchev–Trinajstić information content (AvgIpc) is 3.26. The highest BCUT2D eigenvalue weighted by Gasteiger charge is 2.27. The Morgan fingerprint density at radius 3 is 1.38 bits per heavy atom. The van der Waals surface area contributed by atoms with Gasteiger partial charge in [0, 0.05) is 13.0 Å². The molecule has 0 fully saturated rings. The molecule has 3 unspecified atom stereocenters. The predicted octanol–water partition coefficient (Wildman–Crippen LogP) is 14.1. The number of carbonyl (C=O) groups is 2. The summed E-state index contributed by atoms with van der Waals surface area (Å²) >= 11 is 0. The number of carbonyl (C=O) groups excluding carboxylic acids is 1. The number of unbranched alkanes of at least 4 members (excludes halogenated alkanes) is 15. The molecule has 11 heteroatoms. The van der Waals surface area contributed by atoms with Crippen LogP contribution in [0.1, 0.15) is 181 Å². The Morgan fingerprint density at radius 2 is 0.921 bits per heavy atom. The number of hydrogen-bond acceptors (Lipinski definition) is 8. The highest BCUT2D eigenvalue weighted by molar-refractivity contribution is 7.47. The number of carboxylic acids is 1. The van der Waals surface area contributed by atoms with Crippen LogP contribution in [0.3, 0.4) is 0 Å². The summed E-state index contributed by atoms with van der Waals surface area (Å²) in [5, 5.41) is 8.92. The number of ether oxygens (including phenoxy) is 2. The first-order chi connectivity index (χ1) is 30.7. The lowest BCUT2D eigenvalue weighted by molar-refractivity contribution is -0.154. The van der Waals surface area contributed by atoms with Crippen molar-refractivity contribution >= 4 is 19.8 Å². The number of phosphoric acid groups is 1. The van der Waals surface area contributed by atoms with E-state index in [1.54, 1.807) is 0 Å². The molecule has 0 aliphatic heterocycles. The quantitative estimate of drug-likeness (QED) is 0.0233. The molecule has 0 aromatic rings. The van der Waals surface area contributed by atoms with Crippen molar-refractivity contribution in [3.8, 4) is 0 Å². The Balaban J connectivity index is 4.29. The third kappa shape index (κ3) is 46.7. The van der Waals surface area contributed by atoms with Crippen LogP contribution in [0.25, 0.3) is 0 Å². The van der Waals surface area contributed by atoms with Crippen LogP contribution in [0, 0.1) is 0 Å². The van der Waals surface area contributed by atoms with Gasteiger partial charge in [0.15, 0.2) is 0 Å². The maximum atomic E-state index is 12.7. The Bertz CT molecular complexity index is 1370. The second-order valence-corrected chi connectivity index (χ2v) is 17.3. The minimum Gasteiger partial charge on any atom is -0.480 e. The van der Waals surface area contributed by atoms with Gasteiger partial charge in [-0.25, -0.2) is 4.57 Å². The number of carboxylic acid groups (broad SMARTS) is 1. The fourth-order valence-electron chi connectivity index (χ4n) is 6.11. The van der Waals surface area contributed by atoms with Gasteiger partial charge in [0.25, 0.3) is 0 Å². The van der Waals surface area contributed by atoms with E-state index in [4.69, 9.17) is 29.4 Å². The van der Waals surface area contributed by atoms with Crippen LogP contribution < -0.4 is 5.73 Å². The largest absolute Gasteiger partial charge is 0.480 e. The van der Waals surface area contributed by atoms with Gasteiger partial charge in [0.05, 0.1) is 19.8 Å². The van der Waals surface area contributed by atoms with E-state index in [1.807, 2.05) is 0 Å². The summed E-state index contributed by atoms with van der Waals surface area (Å²) < 4.78 is 33.4. The van der Waals surface area contributed by atoms with Crippen molar-refractivity contribution < 1.29 is 42.7 Å². The Labute approximate surface area is 383 Å². The Hall–Kier alpha value is -3.11. The van der Waals surface area contributed by atoms with Gasteiger partial charge in [-0.3, -0.25) is 18.6 Å². The number of phosphoric ester groups is 1. The fraction of sp³-hybridized carbons (Fsp3) is 0.654. The zero-order chi connectivity index (χ0) is 46.2. The van der Waals surface area contributed by atoms with Gasteiger partial charge < -0.3 is 25.2 Å². The van der Waals surface area contributed by atoms with Gasteiger partial charge in [-0.05, 0) is 96.3 Å². The zero-order valence-corrected chi connectivity index (χ0v) is 40.3. The first kappa shape index (κ1) is 59.9. The molecule has 0 amide bonds. The van der Waals surface area contributed by atoms with E-state index < -0.39 is 45.1 Å². The molecule has 0 aliphatic carbocycles. The number of aliphatic carboxylic acids is 1. The van der Waals surface area contributed by atoms with E-state index in [2.05, 4.69) is 111 Å². The van der Waals surface area contributed by atoms with Crippen LogP contribution in [0.15, 0.2) is 97.2 Å². The molecule has 0 spiro atoms. The van der Waals surface area contributed by atoms with Gasteiger partial charge in [0.1, 0.15) is 12.1 Å². The number of hydrogen-bond donors (Lipinski definition) is 3. The van der Waals surface area contributed by atoms with E-state index in [-0.39, 0.29) is 13.0 Å². The molecule has 0 aliphatic rings. The summed E-state index contributed by atoms with van der Waals surface area (Å²) in [6, 6.07) is -1.49. The second-order valence-electron chi connectivity index (χ2n) is 15.9. The summed E-state index contributed by atoms with van der Waals surface area (Å²) in [4.78, 5) is 33.6. The van der Waals surface area contributed by atoms with Crippen molar-refractivity contribution in [2.45, 2.75) is 193 Å². The molecule has 0 radical (unpaired) electrons. The number of allylic oxidation sites excluding steroid dienone is 16. The SMILES string of the molecule is CC/C=C\C/C=C\C/C=C\C/C=C\C/C=C\C/C=C\CCCCC(=O)OC(COCCCCCCCCCCCC/C=C\C/C=C\CCCCC)COP(=O)(O)OCC(N)C(=O)O. The topological polar surface area (TPSA) is 155 Å². The highest BCUT2D eigenvalue weighted by atomic mass is 31.2. The molecule has 4 N–H and O–H groups in total. The van der Waals surface area contributed by atoms with Gasteiger partial charge in [-0.15, -0.1) is 0 Å². The first-order valence-corrected chi connectivity index (χ1v) is 25.8. The normalized spacial score (nSPS) is 14.6. The average molecular weight is 902 g/mol. The van der Waals surface area contributed by atoms with Gasteiger partial charge >= 0.3 is 19.8 Å². The van der Waals surface area contributed by atoms with Crippen molar-refractivity contribution in [3.05, 3.63) is 97.2 Å². The second kappa shape index (κ2) is 46.9. The van der Waals surface area contributed by atoms with E-state index in [1.165, 1.54) is 77.0 Å². The molecular formula is C52H88NO9P. The molecule has 3 atom stereocenters. The molecule has 0 aromatic carbocycles. The molecule has 0 saturated carbocycles. The van der Waals surface area contributed by atoms with E-state index in [9.17, 15) is 19.0 Å². The lowest BCUT2D eigenvalue weighted by Crippen LogP contribution is -2.34. The third-order valence-corrected chi connectivity index (χ3v) is 10.8. The Kier molecular flexibility index (Phi) is 44.6. The molecular weight excluding hydrogens is 814 g/mol. The molecule has 0 heterocycles. The molecule has 63 heavy (non-hydrogen) atoms. The minimum absolute atomic E-state index is 0.00905. The fourth-order valence-corrected chi connectivity index (χ4v) is 6.88. The maximum Gasteiger partial charge on any atom is 0.472 e. The molecule has 0 saturated heterocycles. The van der Waals surface area contributed by atoms with Gasteiger partial charge in [0.2, 0.25) is 0 Å². The molecule has 0 bridgehead atoms. The third-order valence-electron chi connectivity index (χ3n) is 9.85. The first-order valence-electron chi connectivity index (χ1n) is 24.3. The van der Waals surface area contributed by atoms with E-state index in [0.29, 0.717) is 13.0 Å². The van der Waals surface area contributed by atoms with Crippen LogP contribution >= 0.6 is 7.82 Å². The predicted molar refractivity (Wildman–Crippen MR) is 263 cm³/mol. The number of rotatable bonds is 45. The summed E-state index contributed by atoms with van der Waals surface area (Å²) in [6.07, 6.45) is 61.8. The van der Waals surface area contributed by atoms with Crippen molar-refractivity contribution in [2.24, 2.45) is 5.73 Å². The summed E-state index contributed by atoms with van der Waals surface area (Å²) in [5.74, 6) is -1.83. The minimum atomic E-state index is -4.64. The van der Waals surface area contributed by atoms with Gasteiger partial charge in [-0.1, -0.05) is 175 Å². The summed E-state index contributed by atoms with van der Waals surface area (Å²) in [6.45, 7) is 3.67. The summed E-state index contributed by atoms with van der Waals surface area (Å²) in [7, 11) is -4.64. The Morgan fingerprint density at radius 1 is 0.524 bits per heavy atom. The van der Waals surface area contributed by atoms with Crippen LogP contribution in [0.5, 0.6) is 0 Å². The van der Waals surface area contributed by atoms with Crippen molar-refractivity contribution in [2.75, 3.05) is 26.4 Å². The maximum absolute atomic E-state index is 12.7. The zero-order valence-electron chi connectivity index (χ0n) is 39.4. The lowest BCUT2D eigenvalue weighted by atomic mass is 10.1. The molecule has 0 rings (SSSR count). The molecule has 10 nitrogen and oxygen atoms in total. The van der Waals surface area contributed by atoms with E-state index >= 15 is 0 Å². The van der Waals surface area contributed by atoms with Crippen LogP contribution in [0.2, 0.25) is 0 Å². The monoisotopic (exact) mass is 902 g/mol. The standard InChI is InChI=1S/C52H88NO9P/c1-3-5-7-9-11-13-15-17-19-21-23-25-26-28-30-32-34-36-38-40-42-44-51(54)62-49(47-60-63(57,58)61-48-50(53)52(55)56)46-59-45-43-41-39-37-35-33-31-29-27-24-22-20-18-16-14-12-10-8-6-4-2/h5,7,11-14,17-20,23,25,28,30,34,36,49-50H,3-4,6,8-10,15-16,21-22,24,26-27,29,31-33,35,37-48,53H2,1-2H3,(H,55,56)(H,57,58)/b7-5-,13-11-,14-12-,19-17-,20-18-,25-23-,30-28-,36-34-. The van der Waals surface area contributed by atoms with Crippen LogP contribution in [-0.2, 0) is 32.7 Å². The van der Waals surface area contributed by atoms with E-state index in [0.717, 1.165) is 77.0 Å². The van der Waals surface area contributed by atoms with Crippen LogP contribution in [0.4, 0.5) is 0 Å². The van der Waals surface area contributed by atoms with Crippen molar-refractivity contribution in [3.63, 3.8) is 0 Å². The highest BCUT2D eigenvalue weighted by Crippen LogP contribution is 2.43. The molecule has 0 aromatic heterocycles. The number of esters is 1. The number of nitrogens with two attached hydrogens (primary N) is 1. The smallest absolute Gasteiger partial charge is 0.472 e. The van der Waals surface area contributed by atoms with Gasteiger partial charge in [-0.2, -0.15) is 0 Å². The summed E-state index contributed by atoms with van der Waals surface area (Å²) in [5.41, 5.74) is 5.37. The molecule has 360 valence electrons.